The molecule has 1 heterocycles. The molecule has 80 valence electrons. The highest BCUT2D eigenvalue weighted by Gasteiger charge is 2.04. The Morgan fingerprint density at radius 2 is 1.88 bits per heavy atom. The lowest BCUT2D eigenvalue weighted by molar-refractivity contribution is -0.688. The van der Waals surface area contributed by atoms with Crippen LogP contribution in [0.5, 0.6) is 0 Å². The highest BCUT2D eigenvalue weighted by atomic mass is 16.1. The molecule has 0 saturated heterocycles. The van der Waals surface area contributed by atoms with Gasteiger partial charge in [0, 0.05) is 23.3 Å². The van der Waals surface area contributed by atoms with Crippen molar-refractivity contribution in [3.05, 3.63) is 66.0 Å². The third-order valence-corrected chi connectivity index (χ3v) is 2.35. The maximum Gasteiger partial charge on any atom is 0.248 e. The standard InChI is InChI=1S/C13H12N2O/c14-13(16)12-6-4-5-11(9-12)10-15-7-2-1-3-8-15/h1-9H,10H2,(H-,14,16)/p+1. The lowest BCUT2D eigenvalue weighted by atomic mass is 10.1. The van der Waals surface area contributed by atoms with Crippen LogP contribution in [0.15, 0.2) is 54.9 Å². The number of carbonyl (C=O) groups excluding carboxylic acids is 1. The Bertz CT molecular complexity index is 494. The molecule has 1 amide bonds. The van der Waals surface area contributed by atoms with Gasteiger partial charge < -0.3 is 5.73 Å². The van der Waals surface area contributed by atoms with Crippen LogP contribution in [0.1, 0.15) is 15.9 Å². The Balaban J connectivity index is 2.22. The first kappa shape index (κ1) is 10.4. The topological polar surface area (TPSA) is 47.0 Å². The van der Waals surface area contributed by atoms with Crippen molar-refractivity contribution >= 4 is 5.91 Å². The first-order valence-corrected chi connectivity index (χ1v) is 5.08. The summed E-state index contributed by atoms with van der Waals surface area (Å²) in [6.07, 6.45) is 3.97. The molecular formula is C13H13N2O+. The molecule has 0 unspecified atom stereocenters. The van der Waals surface area contributed by atoms with Crippen molar-refractivity contribution in [3.63, 3.8) is 0 Å². The summed E-state index contributed by atoms with van der Waals surface area (Å²) in [4.78, 5) is 11.0. The highest BCUT2D eigenvalue weighted by Crippen LogP contribution is 2.04. The molecular weight excluding hydrogens is 200 g/mol. The van der Waals surface area contributed by atoms with E-state index in [-0.39, 0.29) is 5.91 Å². The largest absolute Gasteiger partial charge is 0.366 e. The Morgan fingerprint density at radius 3 is 2.56 bits per heavy atom. The fraction of sp³-hybridized carbons (Fsp3) is 0.0769. The number of rotatable bonds is 3. The van der Waals surface area contributed by atoms with E-state index in [1.54, 1.807) is 6.07 Å². The van der Waals surface area contributed by atoms with Crippen molar-refractivity contribution in [1.82, 2.24) is 0 Å². The molecule has 2 aromatic rings. The Kier molecular flexibility index (Phi) is 2.96. The molecule has 0 spiro atoms. The smallest absolute Gasteiger partial charge is 0.248 e. The average molecular weight is 213 g/mol. The van der Waals surface area contributed by atoms with Gasteiger partial charge in [-0.3, -0.25) is 4.79 Å². The van der Waals surface area contributed by atoms with E-state index in [0.717, 1.165) is 12.1 Å². The predicted octanol–water partition coefficient (Wildman–Crippen LogP) is 1.12. The second-order valence-corrected chi connectivity index (χ2v) is 3.61. The summed E-state index contributed by atoms with van der Waals surface area (Å²) >= 11 is 0. The molecule has 0 aliphatic carbocycles. The van der Waals surface area contributed by atoms with Gasteiger partial charge in [-0.05, 0) is 12.1 Å². The summed E-state index contributed by atoms with van der Waals surface area (Å²) in [5.41, 5.74) is 6.84. The molecule has 16 heavy (non-hydrogen) atoms. The SMILES string of the molecule is NC(=O)c1cccc(C[n+]2ccccc2)c1. The number of pyridine rings is 1. The summed E-state index contributed by atoms with van der Waals surface area (Å²) < 4.78 is 2.04. The zero-order valence-electron chi connectivity index (χ0n) is 8.84. The van der Waals surface area contributed by atoms with E-state index in [0.29, 0.717) is 5.56 Å². The maximum absolute atomic E-state index is 11.0. The maximum atomic E-state index is 11.0. The number of amides is 1. The van der Waals surface area contributed by atoms with E-state index in [1.165, 1.54) is 0 Å². The molecule has 0 aliphatic heterocycles. The Labute approximate surface area is 94.1 Å². The Morgan fingerprint density at radius 1 is 1.12 bits per heavy atom. The van der Waals surface area contributed by atoms with E-state index in [2.05, 4.69) is 0 Å². The van der Waals surface area contributed by atoms with Crippen LogP contribution in [0.4, 0.5) is 0 Å². The summed E-state index contributed by atoms with van der Waals surface area (Å²) in [6, 6.07) is 13.3. The number of carbonyl (C=O) groups is 1. The summed E-state index contributed by atoms with van der Waals surface area (Å²) in [5.74, 6) is -0.389. The van der Waals surface area contributed by atoms with Crippen LogP contribution in [0.25, 0.3) is 0 Å². The van der Waals surface area contributed by atoms with Crippen molar-refractivity contribution < 1.29 is 9.36 Å². The lowest BCUT2D eigenvalue weighted by Crippen LogP contribution is -2.32. The van der Waals surface area contributed by atoms with Crippen LogP contribution < -0.4 is 10.3 Å². The molecule has 1 aromatic carbocycles. The second-order valence-electron chi connectivity index (χ2n) is 3.61. The van der Waals surface area contributed by atoms with Crippen LogP contribution in [0.3, 0.4) is 0 Å². The van der Waals surface area contributed by atoms with Gasteiger partial charge in [0.2, 0.25) is 5.91 Å². The quantitative estimate of drug-likeness (QED) is 0.763. The van der Waals surface area contributed by atoms with Crippen molar-refractivity contribution in [1.29, 1.82) is 0 Å². The van der Waals surface area contributed by atoms with Crippen LogP contribution in [-0.4, -0.2) is 5.91 Å². The third kappa shape index (κ3) is 2.45. The molecule has 0 saturated carbocycles. The minimum absolute atomic E-state index is 0.389. The van der Waals surface area contributed by atoms with Gasteiger partial charge in [0.15, 0.2) is 18.9 Å². The van der Waals surface area contributed by atoms with Gasteiger partial charge >= 0.3 is 0 Å². The first-order valence-electron chi connectivity index (χ1n) is 5.08. The third-order valence-electron chi connectivity index (χ3n) is 2.35. The number of hydrogen-bond acceptors (Lipinski definition) is 1. The number of nitrogens with two attached hydrogens (primary N) is 1. The van der Waals surface area contributed by atoms with Gasteiger partial charge in [-0.1, -0.05) is 18.2 Å². The van der Waals surface area contributed by atoms with Crippen molar-refractivity contribution in [2.75, 3.05) is 0 Å². The molecule has 3 nitrogen and oxygen atoms in total. The van der Waals surface area contributed by atoms with Crippen molar-refractivity contribution in [2.45, 2.75) is 6.54 Å². The minimum Gasteiger partial charge on any atom is -0.366 e. The predicted molar refractivity (Wildman–Crippen MR) is 60.7 cm³/mol. The summed E-state index contributed by atoms with van der Waals surface area (Å²) in [7, 11) is 0. The van der Waals surface area contributed by atoms with E-state index in [4.69, 9.17) is 5.73 Å². The monoisotopic (exact) mass is 213 g/mol. The number of primary amides is 1. The van der Waals surface area contributed by atoms with E-state index < -0.39 is 0 Å². The molecule has 0 bridgehead atoms. The van der Waals surface area contributed by atoms with Gasteiger partial charge in [0.1, 0.15) is 0 Å². The molecule has 0 aliphatic rings. The Hall–Kier alpha value is -2.16. The number of hydrogen-bond donors (Lipinski definition) is 1. The van der Waals surface area contributed by atoms with Gasteiger partial charge in [0.05, 0.1) is 0 Å². The van der Waals surface area contributed by atoms with Gasteiger partial charge in [-0.15, -0.1) is 0 Å². The van der Waals surface area contributed by atoms with Gasteiger partial charge in [-0.25, -0.2) is 4.57 Å². The lowest BCUT2D eigenvalue weighted by Gasteiger charge is -1.99. The molecule has 3 heteroatoms. The molecule has 1 aromatic heterocycles. The van der Waals surface area contributed by atoms with E-state index in [1.807, 2.05) is 53.4 Å². The van der Waals surface area contributed by atoms with Crippen LogP contribution >= 0.6 is 0 Å². The fourth-order valence-electron chi connectivity index (χ4n) is 1.57. The van der Waals surface area contributed by atoms with Gasteiger partial charge in [0.25, 0.3) is 0 Å². The zero-order chi connectivity index (χ0) is 11.4. The molecule has 2 rings (SSSR count). The number of nitrogens with zero attached hydrogens (tertiary/aromatic N) is 1. The summed E-state index contributed by atoms with van der Waals surface area (Å²) in [5, 5.41) is 0. The normalized spacial score (nSPS) is 10.0. The van der Waals surface area contributed by atoms with Crippen molar-refractivity contribution in [3.8, 4) is 0 Å². The molecule has 0 fully saturated rings. The number of aromatic nitrogens is 1. The van der Waals surface area contributed by atoms with Crippen molar-refractivity contribution in [2.24, 2.45) is 5.73 Å². The average Bonchev–Trinajstić information content (AvgIpc) is 2.30. The van der Waals surface area contributed by atoms with Gasteiger partial charge in [-0.2, -0.15) is 0 Å². The fourth-order valence-corrected chi connectivity index (χ4v) is 1.57. The zero-order valence-corrected chi connectivity index (χ0v) is 8.84. The van der Waals surface area contributed by atoms with Crippen LogP contribution in [0.2, 0.25) is 0 Å². The van der Waals surface area contributed by atoms with E-state index in [9.17, 15) is 4.79 Å². The second kappa shape index (κ2) is 4.57. The van der Waals surface area contributed by atoms with Crippen LogP contribution in [0, 0.1) is 0 Å². The highest BCUT2D eigenvalue weighted by molar-refractivity contribution is 5.92. The number of benzene rings is 1. The molecule has 0 atom stereocenters. The summed E-state index contributed by atoms with van der Waals surface area (Å²) in [6.45, 7) is 0.738. The van der Waals surface area contributed by atoms with E-state index >= 15 is 0 Å². The first-order chi connectivity index (χ1) is 7.75. The molecule has 2 N–H and O–H groups in total. The molecule has 0 radical (unpaired) electrons. The van der Waals surface area contributed by atoms with Crippen LogP contribution in [-0.2, 0) is 6.54 Å². The minimum atomic E-state index is -0.389.